The molecular formula is C21H27NO3. The lowest BCUT2D eigenvalue weighted by Crippen LogP contribution is -2.47. The topological polar surface area (TPSA) is 58.6 Å². The number of hydrogen-bond donors (Lipinski definition) is 2. The zero-order valence-corrected chi connectivity index (χ0v) is 15.4. The van der Waals surface area contributed by atoms with Crippen LogP contribution in [0.4, 0.5) is 0 Å². The van der Waals surface area contributed by atoms with Gasteiger partial charge in [-0.15, -0.1) is 0 Å². The third-order valence-corrected chi connectivity index (χ3v) is 4.20. The molecule has 4 nitrogen and oxygen atoms in total. The van der Waals surface area contributed by atoms with E-state index in [2.05, 4.69) is 5.32 Å². The Bertz CT molecular complexity index is 708. The molecule has 0 spiro atoms. The van der Waals surface area contributed by atoms with Gasteiger partial charge in [0.05, 0.1) is 19.1 Å². The maximum absolute atomic E-state index is 12.5. The molecule has 134 valence electrons. The number of benzene rings is 2. The van der Waals surface area contributed by atoms with E-state index in [1.807, 2.05) is 68.4 Å². The van der Waals surface area contributed by atoms with E-state index < -0.39 is 11.1 Å². The van der Waals surface area contributed by atoms with Crippen molar-refractivity contribution in [2.75, 3.05) is 7.11 Å². The molecule has 0 aliphatic heterocycles. The number of para-hydroxylation sites is 1. The summed E-state index contributed by atoms with van der Waals surface area (Å²) in [5, 5.41) is 13.7. The van der Waals surface area contributed by atoms with E-state index in [4.69, 9.17) is 4.74 Å². The summed E-state index contributed by atoms with van der Waals surface area (Å²) < 4.78 is 5.38. The lowest BCUT2D eigenvalue weighted by atomic mass is 9.90. The summed E-state index contributed by atoms with van der Waals surface area (Å²) in [6.07, 6.45) is 0.641. The first-order valence-electron chi connectivity index (χ1n) is 8.44. The van der Waals surface area contributed by atoms with Gasteiger partial charge in [0.15, 0.2) is 0 Å². The summed E-state index contributed by atoms with van der Waals surface area (Å²) >= 11 is 0. The molecule has 0 bridgehead atoms. The lowest BCUT2D eigenvalue weighted by molar-refractivity contribution is -0.127. The number of ether oxygens (including phenoxy) is 1. The summed E-state index contributed by atoms with van der Waals surface area (Å²) in [4.78, 5) is 12.5. The monoisotopic (exact) mass is 341 g/mol. The van der Waals surface area contributed by atoms with Gasteiger partial charge in [0.25, 0.3) is 0 Å². The van der Waals surface area contributed by atoms with Crippen molar-refractivity contribution in [2.24, 2.45) is 0 Å². The fraction of sp³-hybridized carbons (Fsp3) is 0.381. The van der Waals surface area contributed by atoms with Crippen LogP contribution in [0.1, 0.15) is 38.3 Å². The van der Waals surface area contributed by atoms with Gasteiger partial charge in [-0.3, -0.25) is 4.79 Å². The first-order chi connectivity index (χ1) is 11.7. The van der Waals surface area contributed by atoms with Crippen LogP contribution in [0.2, 0.25) is 0 Å². The molecule has 0 aromatic heterocycles. The molecule has 0 heterocycles. The van der Waals surface area contributed by atoms with Crippen LogP contribution in [-0.2, 0) is 16.8 Å². The first-order valence-corrected chi connectivity index (χ1v) is 8.44. The summed E-state index contributed by atoms with van der Waals surface area (Å²) in [6.45, 7) is 5.60. The van der Waals surface area contributed by atoms with Crippen molar-refractivity contribution in [3.8, 4) is 5.75 Å². The normalized spacial score (nSPS) is 13.8. The number of nitrogens with one attached hydrogen (secondary N) is 1. The number of rotatable bonds is 7. The van der Waals surface area contributed by atoms with Gasteiger partial charge in [0, 0.05) is 5.54 Å². The van der Waals surface area contributed by atoms with Crippen LogP contribution in [-0.4, -0.2) is 23.7 Å². The average Bonchev–Trinajstić information content (AvgIpc) is 2.54. The summed E-state index contributed by atoms with van der Waals surface area (Å²) in [7, 11) is 1.64. The maximum Gasteiger partial charge on any atom is 0.223 e. The Morgan fingerprint density at radius 3 is 2.28 bits per heavy atom. The van der Waals surface area contributed by atoms with Gasteiger partial charge in [-0.05, 0) is 44.4 Å². The van der Waals surface area contributed by atoms with E-state index in [0.717, 1.165) is 16.9 Å². The van der Waals surface area contributed by atoms with Gasteiger partial charge >= 0.3 is 0 Å². The highest BCUT2D eigenvalue weighted by molar-refractivity contribution is 5.78. The Balaban J connectivity index is 2.03. The molecule has 1 atom stereocenters. The molecule has 0 aliphatic rings. The molecule has 0 saturated carbocycles. The van der Waals surface area contributed by atoms with Crippen LogP contribution in [0, 0.1) is 0 Å². The molecule has 2 N–H and O–H groups in total. The Morgan fingerprint density at radius 1 is 1.04 bits per heavy atom. The molecule has 1 amide bonds. The molecule has 0 aliphatic carbocycles. The van der Waals surface area contributed by atoms with Crippen LogP contribution in [0.25, 0.3) is 0 Å². The van der Waals surface area contributed by atoms with Crippen LogP contribution < -0.4 is 10.1 Å². The van der Waals surface area contributed by atoms with Crippen molar-refractivity contribution in [3.05, 3.63) is 65.7 Å². The second-order valence-electron chi connectivity index (χ2n) is 7.24. The van der Waals surface area contributed by atoms with Gasteiger partial charge in [0.1, 0.15) is 5.75 Å². The minimum Gasteiger partial charge on any atom is -0.496 e. The molecule has 4 heteroatoms. The summed E-state index contributed by atoms with van der Waals surface area (Å²) in [5.74, 6) is 0.620. The zero-order chi connectivity index (χ0) is 18.5. The highest BCUT2D eigenvalue weighted by Crippen LogP contribution is 2.26. The standard InChI is InChI=1S/C21H27NO3/c1-20(2,14-16-10-8-9-13-18(16)25-4)22-19(23)15-21(3,24)17-11-6-5-7-12-17/h5-13,24H,14-15H2,1-4H3,(H,22,23). The van der Waals surface area contributed by atoms with Crippen molar-refractivity contribution >= 4 is 5.91 Å². The molecular weight excluding hydrogens is 314 g/mol. The van der Waals surface area contributed by atoms with Crippen molar-refractivity contribution < 1.29 is 14.6 Å². The molecule has 0 fully saturated rings. The van der Waals surface area contributed by atoms with Crippen LogP contribution in [0.3, 0.4) is 0 Å². The minimum atomic E-state index is -1.20. The van der Waals surface area contributed by atoms with Crippen LogP contribution >= 0.6 is 0 Å². The van der Waals surface area contributed by atoms with E-state index in [0.29, 0.717) is 6.42 Å². The Morgan fingerprint density at radius 2 is 1.64 bits per heavy atom. The van der Waals surface area contributed by atoms with E-state index in [9.17, 15) is 9.90 Å². The highest BCUT2D eigenvalue weighted by atomic mass is 16.5. The van der Waals surface area contributed by atoms with Crippen LogP contribution in [0.15, 0.2) is 54.6 Å². The number of aliphatic hydroxyl groups is 1. The minimum absolute atomic E-state index is 0.00632. The molecule has 25 heavy (non-hydrogen) atoms. The van der Waals surface area contributed by atoms with Gasteiger partial charge in [-0.1, -0.05) is 48.5 Å². The molecule has 2 aromatic carbocycles. The van der Waals surface area contributed by atoms with Crippen molar-refractivity contribution in [2.45, 2.75) is 44.8 Å². The SMILES string of the molecule is COc1ccccc1CC(C)(C)NC(=O)CC(C)(O)c1ccccc1. The molecule has 2 rings (SSSR count). The zero-order valence-electron chi connectivity index (χ0n) is 15.4. The maximum atomic E-state index is 12.5. The quantitative estimate of drug-likeness (QED) is 0.811. The predicted octanol–water partition coefficient (Wildman–Crippen LogP) is 3.43. The molecule has 0 radical (unpaired) electrons. The number of methoxy groups -OCH3 is 1. The highest BCUT2D eigenvalue weighted by Gasteiger charge is 2.29. The van der Waals surface area contributed by atoms with Gasteiger partial charge < -0.3 is 15.2 Å². The Hall–Kier alpha value is -2.33. The second-order valence-corrected chi connectivity index (χ2v) is 7.24. The van der Waals surface area contributed by atoms with E-state index in [1.165, 1.54) is 0 Å². The average molecular weight is 341 g/mol. The second kappa shape index (κ2) is 7.70. The Kier molecular flexibility index (Phi) is 5.85. The molecule has 2 aromatic rings. The lowest BCUT2D eigenvalue weighted by Gasteiger charge is -2.30. The smallest absolute Gasteiger partial charge is 0.223 e. The third kappa shape index (κ3) is 5.33. The van der Waals surface area contributed by atoms with E-state index in [-0.39, 0.29) is 12.3 Å². The molecule has 0 saturated heterocycles. The van der Waals surface area contributed by atoms with E-state index >= 15 is 0 Å². The Labute approximate surface area is 149 Å². The predicted molar refractivity (Wildman–Crippen MR) is 99.5 cm³/mol. The van der Waals surface area contributed by atoms with Crippen LogP contribution in [0.5, 0.6) is 5.75 Å². The summed E-state index contributed by atoms with van der Waals surface area (Å²) in [6, 6.07) is 17.0. The molecule has 1 unspecified atom stereocenters. The summed E-state index contributed by atoms with van der Waals surface area (Å²) in [5.41, 5.74) is 0.0995. The van der Waals surface area contributed by atoms with Gasteiger partial charge in [-0.2, -0.15) is 0 Å². The van der Waals surface area contributed by atoms with Gasteiger partial charge in [0.2, 0.25) is 5.91 Å². The number of amides is 1. The largest absolute Gasteiger partial charge is 0.496 e. The van der Waals surface area contributed by atoms with Crippen molar-refractivity contribution in [1.82, 2.24) is 5.32 Å². The fourth-order valence-electron chi connectivity index (χ4n) is 3.00. The van der Waals surface area contributed by atoms with Crippen molar-refractivity contribution in [1.29, 1.82) is 0 Å². The fourth-order valence-corrected chi connectivity index (χ4v) is 3.00. The van der Waals surface area contributed by atoms with E-state index in [1.54, 1.807) is 14.0 Å². The van der Waals surface area contributed by atoms with Crippen molar-refractivity contribution in [3.63, 3.8) is 0 Å². The number of carbonyl (C=O) groups excluding carboxylic acids is 1. The number of hydrogen-bond acceptors (Lipinski definition) is 3. The number of carbonyl (C=O) groups is 1. The first kappa shape index (κ1) is 19.0. The third-order valence-electron chi connectivity index (χ3n) is 4.20. The van der Waals surface area contributed by atoms with Gasteiger partial charge in [-0.25, -0.2) is 0 Å².